The summed E-state index contributed by atoms with van der Waals surface area (Å²) < 4.78 is 5.13. The van der Waals surface area contributed by atoms with Crippen LogP contribution in [0.3, 0.4) is 0 Å². The van der Waals surface area contributed by atoms with Crippen molar-refractivity contribution >= 4 is 5.82 Å². The maximum absolute atomic E-state index is 5.13. The van der Waals surface area contributed by atoms with Crippen LogP contribution in [0.1, 0.15) is 19.2 Å². The Morgan fingerprint density at radius 1 is 1.16 bits per heavy atom. The summed E-state index contributed by atoms with van der Waals surface area (Å²) >= 11 is 0. The molecule has 1 heterocycles. The largest absolute Gasteiger partial charge is 0.377 e. The van der Waals surface area contributed by atoms with E-state index < -0.39 is 0 Å². The van der Waals surface area contributed by atoms with E-state index in [1.54, 1.807) is 7.11 Å². The molecule has 2 rings (SSSR count). The van der Waals surface area contributed by atoms with Gasteiger partial charge in [-0.05, 0) is 6.42 Å². The molecule has 0 aliphatic heterocycles. The van der Waals surface area contributed by atoms with Crippen molar-refractivity contribution in [3.63, 3.8) is 0 Å². The van der Waals surface area contributed by atoms with E-state index in [0.717, 1.165) is 30.0 Å². The van der Waals surface area contributed by atoms with Gasteiger partial charge in [0.25, 0.3) is 0 Å². The highest BCUT2D eigenvalue weighted by Crippen LogP contribution is 2.19. The van der Waals surface area contributed by atoms with Gasteiger partial charge in [-0.15, -0.1) is 0 Å². The maximum atomic E-state index is 5.13. The van der Waals surface area contributed by atoms with Crippen LogP contribution < -0.4 is 5.32 Å². The zero-order valence-corrected chi connectivity index (χ0v) is 11.4. The molecule has 1 aromatic carbocycles. The van der Waals surface area contributed by atoms with Gasteiger partial charge in [0.2, 0.25) is 0 Å². The molecule has 0 saturated heterocycles. The molecule has 1 N–H and O–H groups in total. The molecule has 0 spiro atoms. The monoisotopic (exact) mass is 257 g/mol. The normalized spacial score (nSPS) is 10.4. The molecular weight excluding hydrogens is 238 g/mol. The highest BCUT2D eigenvalue weighted by Gasteiger charge is 2.06. The molecule has 1 aromatic heterocycles. The molecule has 100 valence electrons. The highest BCUT2D eigenvalue weighted by molar-refractivity contribution is 5.62. The Labute approximate surface area is 113 Å². The summed E-state index contributed by atoms with van der Waals surface area (Å²) in [5.74, 6) is 1.55. The maximum Gasteiger partial charge on any atom is 0.157 e. The van der Waals surface area contributed by atoms with E-state index in [-0.39, 0.29) is 0 Å². The Balaban J connectivity index is 2.33. The zero-order valence-electron chi connectivity index (χ0n) is 11.4. The van der Waals surface area contributed by atoms with Crippen molar-refractivity contribution in [3.8, 4) is 11.3 Å². The summed E-state index contributed by atoms with van der Waals surface area (Å²) in [6.07, 6.45) is 1.06. The Bertz CT molecular complexity index is 514. The van der Waals surface area contributed by atoms with Crippen LogP contribution in [0.4, 0.5) is 5.82 Å². The summed E-state index contributed by atoms with van der Waals surface area (Å²) in [4.78, 5) is 8.96. The number of nitrogens with one attached hydrogen (secondary N) is 1. The predicted molar refractivity (Wildman–Crippen MR) is 77.0 cm³/mol. The fourth-order valence-corrected chi connectivity index (χ4v) is 1.79. The summed E-state index contributed by atoms with van der Waals surface area (Å²) in [7, 11) is 1.65. The molecule has 2 aromatic rings. The van der Waals surface area contributed by atoms with Crippen molar-refractivity contribution in [1.82, 2.24) is 9.97 Å². The van der Waals surface area contributed by atoms with E-state index in [1.165, 1.54) is 0 Å². The van der Waals surface area contributed by atoms with Gasteiger partial charge in [0.1, 0.15) is 12.4 Å². The number of rotatable bonds is 6. The lowest BCUT2D eigenvalue weighted by molar-refractivity contribution is 0.178. The minimum atomic E-state index is 0.418. The minimum absolute atomic E-state index is 0.418. The Kier molecular flexibility index (Phi) is 4.86. The van der Waals surface area contributed by atoms with E-state index in [9.17, 15) is 0 Å². The molecule has 0 radical (unpaired) electrons. The van der Waals surface area contributed by atoms with Crippen molar-refractivity contribution < 1.29 is 4.74 Å². The van der Waals surface area contributed by atoms with Gasteiger partial charge < -0.3 is 10.1 Å². The molecule has 4 nitrogen and oxygen atoms in total. The number of hydrogen-bond donors (Lipinski definition) is 1. The smallest absolute Gasteiger partial charge is 0.157 e. The van der Waals surface area contributed by atoms with Crippen LogP contribution in [0.25, 0.3) is 11.3 Å². The second-order valence-corrected chi connectivity index (χ2v) is 4.28. The molecular formula is C15H19N3O. The molecule has 0 fully saturated rings. The van der Waals surface area contributed by atoms with Crippen molar-refractivity contribution in [3.05, 3.63) is 42.2 Å². The number of benzene rings is 1. The van der Waals surface area contributed by atoms with Crippen LogP contribution in [-0.4, -0.2) is 23.6 Å². The van der Waals surface area contributed by atoms with Gasteiger partial charge in [-0.3, -0.25) is 0 Å². The van der Waals surface area contributed by atoms with Crippen LogP contribution >= 0.6 is 0 Å². The average molecular weight is 257 g/mol. The summed E-state index contributed by atoms with van der Waals surface area (Å²) in [6.45, 7) is 3.45. The minimum Gasteiger partial charge on any atom is -0.377 e. The first-order valence-corrected chi connectivity index (χ1v) is 6.49. The van der Waals surface area contributed by atoms with E-state index in [0.29, 0.717) is 12.4 Å². The summed E-state index contributed by atoms with van der Waals surface area (Å²) in [5.41, 5.74) is 2.00. The van der Waals surface area contributed by atoms with Gasteiger partial charge in [0, 0.05) is 25.3 Å². The standard InChI is InChI=1S/C15H19N3O/c1-3-9-16-14-10-13(12-7-5-4-6-8-12)17-15(18-14)11-19-2/h4-8,10H,3,9,11H2,1-2H3,(H,16,17,18). The molecule has 0 aliphatic rings. The first-order chi connectivity index (χ1) is 9.33. The third-order valence-corrected chi connectivity index (χ3v) is 2.67. The SMILES string of the molecule is CCCNc1cc(-c2ccccc2)nc(COC)n1. The van der Waals surface area contributed by atoms with Crippen LogP contribution in [0.2, 0.25) is 0 Å². The molecule has 0 atom stereocenters. The first kappa shape index (κ1) is 13.5. The van der Waals surface area contributed by atoms with Gasteiger partial charge in [0.05, 0.1) is 5.69 Å². The van der Waals surface area contributed by atoms with E-state index in [4.69, 9.17) is 4.74 Å². The number of hydrogen-bond acceptors (Lipinski definition) is 4. The predicted octanol–water partition coefficient (Wildman–Crippen LogP) is 3.11. The van der Waals surface area contributed by atoms with Crippen LogP contribution in [0, 0.1) is 0 Å². The number of anilines is 1. The van der Waals surface area contributed by atoms with Crippen molar-refractivity contribution in [2.24, 2.45) is 0 Å². The molecule has 19 heavy (non-hydrogen) atoms. The van der Waals surface area contributed by atoms with Crippen molar-refractivity contribution in [1.29, 1.82) is 0 Å². The Hall–Kier alpha value is -1.94. The summed E-state index contributed by atoms with van der Waals surface area (Å²) in [6, 6.07) is 12.1. The number of methoxy groups -OCH3 is 1. The Morgan fingerprint density at radius 2 is 1.95 bits per heavy atom. The van der Waals surface area contributed by atoms with Crippen molar-refractivity contribution in [2.45, 2.75) is 20.0 Å². The van der Waals surface area contributed by atoms with Gasteiger partial charge in [0.15, 0.2) is 5.82 Å². The lowest BCUT2D eigenvalue weighted by Crippen LogP contribution is -2.06. The molecule has 4 heteroatoms. The molecule has 0 aliphatic carbocycles. The van der Waals surface area contributed by atoms with Crippen LogP contribution in [-0.2, 0) is 11.3 Å². The van der Waals surface area contributed by atoms with Gasteiger partial charge in [-0.25, -0.2) is 9.97 Å². The van der Waals surface area contributed by atoms with Gasteiger partial charge >= 0.3 is 0 Å². The number of aromatic nitrogens is 2. The molecule has 0 bridgehead atoms. The van der Waals surface area contributed by atoms with Crippen LogP contribution in [0.15, 0.2) is 36.4 Å². The quantitative estimate of drug-likeness (QED) is 0.863. The highest BCUT2D eigenvalue weighted by atomic mass is 16.5. The lowest BCUT2D eigenvalue weighted by atomic mass is 10.1. The van der Waals surface area contributed by atoms with E-state index in [2.05, 4.69) is 22.2 Å². The Morgan fingerprint density at radius 3 is 2.63 bits per heavy atom. The third kappa shape index (κ3) is 3.76. The third-order valence-electron chi connectivity index (χ3n) is 2.67. The number of ether oxygens (including phenoxy) is 1. The van der Waals surface area contributed by atoms with Crippen molar-refractivity contribution in [2.75, 3.05) is 19.0 Å². The van der Waals surface area contributed by atoms with Gasteiger partial charge in [-0.1, -0.05) is 37.3 Å². The topological polar surface area (TPSA) is 47.0 Å². The van der Waals surface area contributed by atoms with E-state index in [1.807, 2.05) is 36.4 Å². The lowest BCUT2D eigenvalue weighted by Gasteiger charge is -2.09. The second kappa shape index (κ2) is 6.85. The molecule has 0 unspecified atom stereocenters. The average Bonchev–Trinajstić information content (AvgIpc) is 2.46. The zero-order chi connectivity index (χ0) is 13.5. The molecule has 0 amide bonds. The van der Waals surface area contributed by atoms with E-state index >= 15 is 0 Å². The fraction of sp³-hybridized carbons (Fsp3) is 0.333. The fourth-order valence-electron chi connectivity index (χ4n) is 1.79. The number of nitrogens with zero attached hydrogens (tertiary/aromatic N) is 2. The molecule has 0 saturated carbocycles. The summed E-state index contributed by atoms with van der Waals surface area (Å²) in [5, 5.41) is 3.30. The second-order valence-electron chi connectivity index (χ2n) is 4.28. The van der Waals surface area contributed by atoms with Crippen LogP contribution in [0.5, 0.6) is 0 Å². The first-order valence-electron chi connectivity index (χ1n) is 6.49. The van der Waals surface area contributed by atoms with Gasteiger partial charge in [-0.2, -0.15) is 0 Å².